The minimum atomic E-state index is -0.0587. The van der Waals surface area contributed by atoms with Gasteiger partial charge in [-0.15, -0.1) is 0 Å². The van der Waals surface area contributed by atoms with Gasteiger partial charge in [0.05, 0.1) is 12.4 Å². The van der Waals surface area contributed by atoms with Gasteiger partial charge in [-0.2, -0.15) is 5.10 Å². The monoisotopic (exact) mass is 325 g/mol. The zero-order valence-electron chi connectivity index (χ0n) is 15.1. The predicted molar refractivity (Wildman–Crippen MR) is 97.1 cm³/mol. The van der Waals surface area contributed by atoms with E-state index in [4.69, 9.17) is 0 Å². The first-order chi connectivity index (χ1) is 11.3. The van der Waals surface area contributed by atoms with Crippen molar-refractivity contribution >= 4 is 0 Å². The van der Waals surface area contributed by atoms with Gasteiger partial charge in [0.15, 0.2) is 0 Å². The van der Waals surface area contributed by atoms with Crippen LogP contribution in [0.2, 0.25) is 0 Å². The van der Waals surface area contributed by atoms with Gasteiger partial charge in [-0.05, 0) is 31.4 Å². The van der Waals surface area contributed by atoms with Crippen molar-refractivity contribution in [2.75, 3.05) is 6.54 Å². The number of hydrogen-bond donors (Lipinski definition) is 0. The van der Waals surface area contributed by atoms with Crippen LogP contribution in [0.3, 0.4) is 0 Å². The van der Waals surface area contributed by atoms with E-state index in [1.54, 1.807) is 10.7 Å². The molecule has 4 heteroatoms. The van der Waals surface area contributed by atoms with Crippen LogP contribution in [0.15, 0.2) is 41.2 Å². The van der Waals surface area contributed by atoms with Crippen LogP contribution in [0.25, 0.3) is 0 Å². The Balaban J connectivity index is 1.85. The lowest BCUT2D eigenvalue weighted by Gasteiger charge is -2.26. The molecule has 128 valence electrons. The molecule has 24 heavy (non-hydrogen) atoms. The summed E-state index contributed by atoms with van der Waals surface area (Å²) in [7, 11) is 0. The first-order valence-corrected chi connectivity index (χ1v) is 8.74. The first-order valence-electron chi connectivity index (χ1n) is 8.74. The lowest BCUT2D eigenvalue weighted by molar-refractivity contribution is 0.185. The van der Waals surface area contributed by atoms with E-state index in [1.807, 2.05) is 6.07 Å². The Bertz CT molecular complexity index is 756. The number of likely N-dealkylation sites (tertiary alicyclic amines) is 1. The minimum Gasteiger partial charge on any atom is -0.277 e. The molecule has 0 unspecified atom stereocenters. The van der Waals surface area contributed by atoms with Gasteiger partial charge in [-0.1, -0.05) is 50.6 Å². The average Bonchev–Trinajstić information content (AvgIpc) is 2.97. The molecule has 0 aliphatic carbocycles. The molecule has 0 radical (unpaired) electrons. The Morgan fingerprint density at radius 1 is 1.12 bits per heavy atom. The molecule has 0 bridgehead atoms. The number of benzene rings is 1. The van der Waals surface area contributed by atoms with Crippen LogP contribution in [-0.2, 0) is 12.1 Å². The fraction of sp³-hybridized carbons (Fsp3) is 0.500. The topological polar surface area (TPSA) is 38.1 Å². The SMILES string of the molecule is Cc1ccc([C@@H]2CCCN2Cn2nc(C(C)(C)C)ccc2=O)cc1. The number of aromatic nitrogens is 2. The largest absolute Gasteiger partial charge is 0.277 e. The van der Waals surface area contributed by atoms with Gasteiger partial charge in [0.25, 0.3) is 5.56 Å². The molecule has 1 aromatic heterocycles. The highest BCUT2D eigenvalue weighted by Gasteiger charge is 2.27. The van der Waals surface area contributed by atoms with Crippen molar-refractivity contribution in [1.82, 2.24) is 14.7 Å². The van der Waals surface area contributed by atoms with Gasteiger partial charge < -0.3 is 0 Å². The van der Waals surface area contributed by atoms with Crippen LogP contribution in [0.1, 0.15) is 56.5 Å². The van der Waals surface area contributed by atoms with E-state index in [2.05, 4.69) is 62.0 Å². The Morgan fingerprint density at radius 2 is 1.83 bits per heavy atom. The molecule has 4 nitrogen and oxygen atoms in total. The van der Waals surface area contributed by atoms with Crippen molar-refractivity contribution in [2.45, 2.75) is 58.7 Å². The van der Waals surface area contributed by atoms with Crippen molar-refractivity contribution in [1.29, 1.82) is 0 Å². The molecule has 1 aliphatic rings. The summed E-state index contributed by atoms with van der Waals surface area (Å²) < 4.78 is 1.62. The molecular formula is C20H27N3O. The quantitative estimate of drug-likeness (QED) is 0.864. The fourth-order valence-corrected chi connectivity index (χ4v) is 3.28. The highest BCUT2D eigenvalue weighted by molar-refractivity contribution is 5.24. The summed E-state index contributed by atoms with van der Waals surface area (Å²) in [5, 5.41) is 4.61. The van der Waals surface area contributed by atoms with Gasteiger partial charge in [0.2, 0.25) is 0 Å². The first kappa shape index (κ1) is 16.9. The average molecular weight is 325 g/mol. The van der Waals surface area contributed by atoms with Gasteiger partial charge in [-0.25, -0.2) is 4.68 Å². The second kappa shape index (κ2) is 6.52. The van der Waals surface area contributed by atoms with Crippen LogP contribution in [0.5, 0.6) is 0 Å². The second-order valence-corrected chi connectivity index (χ2v) is 7.83. The minimum absolute atomic E-state index is 0.0300. The van der Waals surface area contributed by atoms with E-state index in [0.29, 0.717) is 12.7 Å². The Morgan fingerprint density at radius 3 is 2.50 bits per heavy atom. The predicted octanol–water partition coefficient (Wildman–Crippen LogP) is 3.64. The van der Waals surface area contributed by atoms with Crippen molar-refractivity contribution in [3.8, 4) is 0 Å². The molecule has 3 rings (SSSR count). The summed E-state index contributed by atoms with van der Waals surface area (Å²) in [4.78, 5) is 14.6. The summed E-state index contributed by atoms with van der Waals surface area (Å²) in [6, 6.07) is 12.6. The molecule has 0 amide bonds. The normalized spacial score (nSPS) is 18.9. The van der Waals surface area contributed by atoms with Crippen molar-refractivity contribution in [3.63, 3.8) is 0 Å². The van der Waals surface area contributed by atoms with Crippen molar-refractivity contribution in [2.24, 2.45) is 0 Å². The fourth-order valence-electron chi connectivity index (χ4n) is 3.28. The molecule has 1 saturated heterocycles. The van der Waals surface area contributed by atoms with Crippen LogP contribution >= 0.6 is 0 Å². The van der Waals surface area contributed by atoms with Crippen molar-refractivity contribution in [3.05, 3.63) is 63.6 Å². The van der Waals surface area contributed by atoms with Crippen LogP contribution in [-0.4, -0.2) is 21.2 Å². The summed E-state index contributed by atoms with van der Waals surface area (Å²) in [6.07, 6.45) is 2.29. The third-order valence-electron chi connectivity index (χ3n) is 4.78. The molecule has 1 aliphatic heterocycles. The number of hydrogen-bond acceptors (Lipinski definition) is 3. The lowest BCUT2D eigenvalue weighted by atomic mass is 9.92. The third kappa shape index (κ3) is 3.59. The Labute approximate surface area is 144 Å². The third-order valence-corrected chi connectivity index (χ3v) is 4.78. The number of rotatable bonds is 3. The number of nitrogens with zero attached hydrogens (tertiary/aromatic N) is 3. The molecule has 2 aromatic rings. The highest BCUT2D eigenvalue weighted by atomic mass is 16.1. The number of aryl methyl sites for hydroxylation is 1. The van der Waals surface area contributed by atoms with E-state index in [0.717, 1.165) is 25.1 Å². The van der Waals surface area contributed by atoms with E-state index >= 15 is 0 Å². The van der Waals surface area contributed by atoms with Crippen LogP contribution in [0.4, 0.5) is 0 Å². The smallest absolute Gasteiger partial charge is 0.267 e. The maximum Gasteiger partial charge on any atom is 0.267 e. The summed E-state index contributed by atoms with van der Waals surface area (Å²) in [6.45, 7) is 10.0. The molecular weight excluding hydrogens is 298 g/mol. The molecule has 1 aromatic carbocycles. The molecule has 1 fully saturated rings. The zero-order chi connectivity index (χ0) is 17.3. The van der Waals surface area contributed by atoms with Gasteiger partial charge in [0.1, 0.15) is 0 Å². The molecule has 0 N–H and O–H groups in total. The molecule has 2 heterocycles. The lowest BCUT2D eigenvalue weighted by Crippen LogP contribution is -2.35. The summed E-state index contributed by atoms with van der Waals surface area (Å²) in [5.41, 5.74) is 3.47. The standard InChI is InChI=1S/C20H27N3O/c1-15-7-9-16(10-8-15)17-6-5-13-22(17)14-23-19(24)12-11-18(21-23)20(2,3)4/h7-12,17H,5-6,13-14H2,1-4H3/t17-/m0/s1. The maximum atomic E-state index is 12.2. The van der Waals surface area contributed by atoms with Gasteiger partial charge >= 0.3 is 0 Å². The van der Waals surface area contributed by atoms with E-state index in [9.17, 15) is 4.79 Å². The van der Waals surface area contributed by atoms with E-state index < -0.39 is 0 Å². The Hall–Kier alpha value is -1.94. The van der Waals surface area contributed by atoms with E-state index in [-0.39, 0.29) is 11.0 Å². The summed E-state index contributed by atoms with van der Waals surface area (Å²) in [5.74, 6) is 0. The summed E-state index contributed by atoms with van der Waals surface area (Å²) >= 11 is 0. The maximum absolute atomic E-state index is 12.2. The Kier molecular flexibility index (Phi) is 4.59. The molecule has 0 spiro atoms. The highest BCUT2D eigenvalue weighted by Crippen LogP contribution is 2.32. The second-order valence-electron chi connectivity index (χ2n) is 7.83. The zero-order valence-corrected chi connectivity index (χ0v) is 15.1. The van der Waals surface area contributed by atoms with Gasteiger partial charge in [0, 0.05) is 24.1 Å². The molecule has 0 saturated carbocycles. The van der Waals surface area contributed by atoms with Crippen LogP contribution in [0, 0.1) is 6.92 Å². The van der Waals surface area contributed by atoms with Crippen molar-refractivity contribution < 1.29 is 0 Å². The van der Waals surface area contributed by atoms with E-state index in [1.165, 1.54) is 11.1 Å². The van der Waals surface area contributed by atoms with Crippen LogP contribution < -0.4 is 5.56 Å². The van der Waals surface area contributed by atoms with Gasteiger partial charge in [-0.3, -0.25) is 9.69 Å². The molecule has 1 atom stereocenters.